The van der Waals surface area contributed by atoms with Crippen molar-refractivity contribution in [1.82, 2.24) is 4.90 Å². The van der Waals surface area contributed by atoms with Crippen molar-refractivity contribution >= 4 is 17.6 Å². The van der Waals surface area contributed by atoms with Gasteiger partial charge < -0.3 is 15.0 Å². The standard InChI is InChI=1S/C24H25N3O3/c1-24(2,3)30-23(29)27-12-11-17-9-10-18(13-19(17)16-27)22(28)20(14-25)15-26-21-7-5-4-6-8-21/h4-10,13,15,26H,11-12,16H2,1-3H3/b20-15+. The first-order chi connectivity index (χ1) is 14.3. The van der Waals surface area contributed by atoms with Gasteiger partial charge in [0.05, 0.1) is 0 Å². The summed E-state index contributed by atoms with van der Waals surface area (Å²) in [5, 5.41) is 12.4. The number of nitrogens with one attached hydrogen (secondary N) is 1. The van der Waals surface area contributed by atoms with Crippen molar-refractivity contribution in [2.24, 2.45) is 0 Å². The number of Topliss-reactive ketones (excluding diaryl/α,β-unsaturated/α-hetero) is 1. The highest BCUT2D eigenvalue weighted by Crippen LogP contribution is 2.23. The summed E-state index contributed by atoms with van der Waals surface area (Å²) in [6.45, 7) is 6.44. The van der Waals surface area contributed by atoms with Gasteiger partial charge in [-0.25, -0.2) is 4.79 Å². The average Bonchev–Trinajstić information content (AvgIpc) is 2.72. The van der Waals surface area contributed by atoms with Gasteiger partial charge in [0, 0.05) is 30.5 Å². The summed E-state index contributed by atoms with van der Waals surface area (Å²) in [6.07, 6.45) is 1.75. The molecule has 154 valence electrons. The number of nitriles is 1. The topological polar surface area (TPSA) is 82.4 Å². The zero-order chi connectivity index (χ0) is 21.7. The fourth-order valence-corrected chi connectivity index (χ4v) is 3.17. The van der Waals surface area contributed by atoms with E-state index < -0.39 is 5.60 Å². The fraction of sp³-hybridized carbons (Fsp3) is 0.292. The van der Waals surface area contributed by atoms with E-state index >= 15 is 0 Å². The first kappa shape index (κ1) is 21.1. The second kappa shape index (κ2) is 8.83. The number of rotatable bonds is 4. The average molecular weight is 403 g/mol. The van der Waals surface area contributed by atoms with Crippen LogP contribution >= 0.6 is 0 Å². The molecule has 6 nitrogen and oxygen atoms in total. The number of carbonyl (C=O) groups is 2. The van der Waals surface area contributed by atoms with Crippen LogP contribution in [0.2, 0.25) is 0 Å². The predicted molar refractivity (Wildman–Crippen MR) is 115 cm³/mol. The summed E-state index contributed by atoms with van der Waals surface area (Å²) in [4.78, 5) is 26.9. The second-order valence-electron chi connectivity index (χ2n) is 8.14. The maximum absolute atomic E-state index is 12.8. The minimum absolute atomic E-state index is 0.0126. The van der Waals surface area contributed by atoms with Gasteiger partial charge in [0.25, 0.3) is 0 Å². The number of benzene rings is 2. The van der Waals surface area contributed by atoms with Crippen LogP contribution in [0.25, 0.3) is 0 Å². The fourth-order valence-electron chi connectivity index (χ4n) is 3.17. The molecule has 0 radical (unpaired) electrons. The van der Waals surface area contributed by atoms with E-state index in [4.69, 9.17) is 4.74 Å². The molecule has 1 aliphatic rings. The molecule has 1 amide bonds. The van der Waals surface area contributed by atoms with Crippen LogP contribution in [-0.4, -0.2) is 28.9 Å². The first-order valence-corrected chi connectivity index (χ1v) is 9.83. The number of amides is 1. The maximum atomic E-state index is 12.8. The van der Waals surface area contributed by atoms with E-state index in [1.54, 1.807) is 17.0 Å². The number of ether oxygens (including phenoxy) is 1. The molecular formula is C24H25N3O3. The Hall–Kier alpha value is -3.59. The number of nitrogens with zero attached hydrogens (tertiary/aromatic N) is 2. The van der Waals surface area contributed by atoms with Crippen LogP contribution in [0.5, 0.6) is 0 Å². The lowest BCUT2D eigenvalue weighted by molar-refractivity contribution is 0.0224. The van der Waals surface area contributed by atoms with E-state index in [-0.39, 0.29) is 17.4 Å². The molecule has 0 aliphatic carbocycles. The Morgan fingerprint density at radius 2 is 1.87 bits per heavy atom. The smallest absolute Gasteiger partial charge is 0.410 e. The lowest BCUT2D eigenvalue weighted by atomic mass is 9.94. The lowest BCUT2D eigenvalue weighted by Crippen LogP contribution is -2.39. The monoisotopic (exact) mass is 403 g/mol. The Morgan fingerprint density at radius 1 is 1.13 bits per heavy atom. The van der Waals surface area contributed by atoms with E-state index in [2.05, 4.69) is 5.32 Å². The molecule has 0 atom stereocenters. The molecule has 0 bridgehead atoms. The summed E-state index contributed by atoms with van der Waals surface area (Å²) < 4.78 is 5.46. The second-order valence-corrected chi connectivity index (χ2v) is 8.14. The third-order valence-electron chi connectivity index (χ3n) is 4.65. The Labute approximate surface area is 176 Å². The molecule has 0 spiro atoms. The third-order valence-corrected chi connectivity index (χ3v) is 4.65. The number of para-hydroxylation sites is 1. The van der Waals surface area contributed by atoms with Gasteiger partial charge >= 0.3 is 6.09 Å². The number of hydrogen-bond acceptors (Lipinski definition) is 5. The largest absolute Gasteiger partial charge is 0.444 e. The minimum atomic E-state index is -0.562. The van der Waals surface area contributed by atoms with Gasteiger partial charge in [0.1, 0.15) is 17.2 Å². The normalized spacial score (nSPS) is 13.8. The number of anilines is 1. The maximum Gasteiger partial charge on any atom is 0.410 e. The predicted octanol–water partition coefficient (Wildman–Crippen LogP) is 4.68. The highest BCUT2D eigenvalue weighted by Gasteiger charge is 2.26. The van der Waals surface area contributed by atoms with Crippen molar-refractivity contribution < 1.29 is 14.3 Å². The molecule has 0 unspecified atom stereocenters. The highest BCUT2D eigenvalue weighted by molar-refractivity contribution is 6.11. The van der Waals surface area contributed by atoms with Gasteiger partial charge in [0.2, 0.25) is 5.78 Å². The molecule has 6 heteroatoms. The van der Waals surface area contributed by atoms with Crippen LogP contribution < -0.4 is 5.32 Å². The van der Waals surface area contributed by atoms with Crippen LogP contribution in [0.1, 0.15) is 42.3 Å². The van der Waals surface area contributed by atoms with Crippen LogP contribution in [0.4, 0.5) is 10.5 Å². The first-order valence-electron chi connectivity index (χ1n) is 9.83. The Bertz CT molecular complexity index is 1010. The van der Waals surface area contributed by atoms with Crippen LogP contribution in [0, 0.1) is 11.3 Å². The molecule has 1 N–H and O–H groups in total. The number of hydrogen-bond donors (Lipinski definition) is 1. The molecule has 1 heterocycles. The summed E-state index contributed by atoms with van der Waals surface area (Å²) in [6, 6.07) is 16.7. The quantitative estimate of drug-likeness (QED) is 0.455. The molecule has 2 aromatic carbocycles. The molecular weight excluding hydrogens is 378 g/mol. The van der Waals surface area contributed by atoms with E-state index in [0.717, 1.165) is 16.8 Å². The van der Waals surface area contributed by atoms with Crippen molar-refractivity contribution in [2.45, 2.75) is 39.3 Å². The molecule has 0 saturated heterocycles. The van der Waals surface area contributed by atoms with Crippen LogP contribution in [0.3, 0.4) is 0 Å². The molecule has 0 saturated carbocycles. The molecule has 30 heavy (non-hydrogen) atoms. The minimum Gasteiger partial charge on any atom is -0.444 e. The number of carbonyl (C=O) groups excluding carboxylic acids is 2. The van der Waals surface area contributed by atoms with E-state index in [1.807, 2.05) is 63.2 Å². The van der Waals surface area contributed by atoms with Crippen molar-refractivity contribution in [2.75, 3.05) is 11.9 Å². The van der Waals surface area contributed by atoms with Gasteiger partial charge in [0.15, 0.2) is 0 Å². The van der Waals surface area contributed by atoms with Gasteiger partial charge in [-0.15, -0.1) is 0 Å². The van der Waals surface area contributed by atoms with Crippen LogP contribution in [0.15, 0.2) is 60.3 Å². The van der Waals surface area contributed by atoms with E-state index in [0.29, 0.717) is 25.1 Å². The van der Waals surface area contributed by atoms with Crippen LogP contribution in [-0.2, 0) is 17.7 Å². The number of fused-ring (bicyclic) bond motifs is 1. The van der Waals surface area contributed by atoms with Crippen molar-refractivity contribution in [3.05, 3.63) is 77.0 Å². The Morgan fingerprint density at radius 3 is 2.53 bits per heavy atom. The van der Waals surface area contributed by atoms with E-state index in [9.17, 15) is 14.9 Å². The number of allylic oxidation sites excluding steroid dienone is 1. The zero-order valence-corrected chi connectivity index (χ0v) is 17.4. The zero-order valence-electron chi connectivity index (χ0n) is 17.4. The number of ketones is 1. The summed E-state index contributed by atoms with van der Waals surface area (Å²) >= 11 is 0. The summed E-state index contributed by atoms with van der Waals surface area (Å²) in [5.41, 5.74) is 2.65. The van der Waals surface area contributed by atoms with E-state index in [1.165, 1.54) is 6.20 Å². The van der Waals surface area contributed by atoms with Gasteiger partial charge in [-0.3, -0.25) is 4.79 Å². The third kappa shape index (κ3) is 5.26. The summed E-state index contributed by atoms with van der Waals surface area (Å²) in [7, 11) is 0. The van der Waals surface area contributed by atoms with Crippen molar-refractivity contribution in [3.8, 4) is 6.07 Å². The van der Waals surface area contributed by atoms with Gasteiger partial charge in [-0.2, -0.15) is 5.26 Å². The SMILES string of the molecule is CC(C)(C)OC(=O)N1CCc2ccc(C(=O)/C(C#N)=C/Nc3ccccc3)cc2C1. The van der Waals surface area contributed by atoms with Gasteiger partial charge in [-0.1, -0.05) is 30.3 Å². The lowest BCUT2D eigenvalue weighted by Gasteiger charge is -2.31. The van der Waals surface area contributed by atoms with Crippen molar-refractivity contribution in [1.29, 1.82) is 5.26 Å². The Kier molecular flexibility index (Phi) is 6.22. The summed E-state index contributed by atoms with van der Waals surface area (Å²) in [5.74, 6) is -0.363. The van der Waals surface area contributed by atoms with Crippen molar-refractivity contribution in [3.63, 3.8) is 0 Å². The molecule has 2 aromatic rings. The molecule has 1 aliphatic heterocycles. The highest BCUT2D eigenvalue weighted by atomic mass is 16.6. The molecule has 0 aromatic heterocycles. The molecule has 3 rings (SSSR count). The van der Waals surface area contributed by atoms with Gasteiger partial charge in [-0.05, 0) is 56.5 Å². The Balaban J connectivity index is 1.76. The molecule has 0 fully saturated rings.